The molecule has 0 unspecified atom stereocenters. The Balaban J connectivity index is 3.62. The Hall–Kier alpha value is -2.78. The molecule has 96 valence electrons. The quantitative estimate of drug-likeness (QED) is 0.638. The normalized spacial score (nSPS) is 9.89. The number of nitro benzene ring substituents is 2. The smallest absolute Gasteiger partial charge is 0.258 e. The number of hydrogen-bond donors (Lipinski definition) is 1. The Morgan fingerprint density at radius 3 is 2.00 bits per heavy atom. The van der Waals surface area contributed by atoms with Gasteiger partial charge in [0.25, 0.3) is 5.69 Å². The third kappa shape index (κ3) is 2.31. The second kappa shape index (κ2) is 4.61. The average Bonchev–Trinajstić information content (AvgIpc) is 2.21. The second-order valence-corrected chi connectivity index (χ2v) is 3.44. The molecular weight excluding hydrogens is 248 g/mol. The summed E-state index contributed by atoms with van der Waals surface area (Å²) in [5.74, 6) is 0. The molecule has 0 atom stereocenters. The molecule has 0 heterocycles. The van der Waals surface area contributed by atoms with Crippen molar-refractivity contribution in [1.29, 1.82) is 0 Å². The van der Waals surface area contributed by atoms with E-state index in [0.29, 0.717) is 0 Å². The van der Waals surface area contributed by atoms with E-state index >= 15 is 0 Å². The zero-order chi connectivity index (χ0) is 14.0. The number of aryl methyl sites for hydroxylation is 1. The van der Waals surface area contributed by atoms with Crippen LogP contribution in [0.1, 0.15) is 11.1 Å². The van der Waals surface area contributed by atoms with Gasteiger partial charge in [-0.25, -0.2) is 10.1 Å². The van der Waals surface area contributed by atoms with Crippen molar-refractivity contribution in [2.24, 2.45) is 0 Å². The molecule has 0 aliphatic heterocycles. The van der Waals surface area contributed by atoms with E-state index in [4.69, 9.17) is 0 Å². The van der Waals surface area contributed by atoms with Crippen molar-refractivity contribution in [2.75, 3.05) is 5.43 Å². The summed E-state index contributed by atoms with van der Waals surface area (Å²) >= 11 is 0. The lowest BCUT2D eigenvalue weighted by Gasteiger charge is -2.06. The highest BCUT2D eigenvalue weighted by Crippen LogP contribution is 2.37. The van der Waals surface area contributed by atoms with Gasteiger partial charge in [-0.2, -0.15) is 0 Å². The molecule has 0 saturated carbocycles. The Kier molecular flexibility index (Phi) is 3.40. The lowest BCUT2D eigenvalue weighted by atomic mass is 10.1. The van der Waals surface area contributed by atoms with E-state index in [9.17, 15) is 30.3 Å². The molecule has 1 rings (SSSR count). The van der Waals surface area contributed by atoms with Crippen molar-refractivity contribution < 1.29 is 14.9 Å². The maximum atomic E-state index is 10.9. The fourth-order valence-electron chi connectivity index (χ4n) is 1.53. The average molecular weight is 256 g/mol. The van der Waals surface area contributed by atoms with Crippen molar-refractivity contribution in [1.82, 2.24) is 0 Å². The zero-order valence-electron chi connectivity index (χ0n) is 9.37. The monoisotopic (exact) mass is 256 g/mol. The number of benzene rings is 1. The van der Waals surface area contributed by atoms with E-state index in [2.05, 4.69) is 0 Å². The molecule has 10 nitrogen and oxygen atoms in total. The highest BCUT2D eigenvalue weighted by atomic mass is 16.7. The summed E-state index contributed by atoms with van der Waals surface area (Å²) in [6.45, 7) is 2.48. The number of nitrogens with one attached hydrogen (secondary N) is 1. The molecular formula is C8H8N4O6. The van der Waals surface area contributed by atoms with Crippen LogP contribution in [0.15, 0.2) is 6.07 Å². The van der Waals surface area contributed by atoms with Gasteiger partial charge >= 0.3 is 5.69 Å². The van der Waals surface area contributed by atoms with Gasteiger partial charge in [0.05, 0.1) is 9.85 Å². The molecule has 0 spiro atoms. The Morgan fingerprint density at radius 2 is 1.61 bits per heavy atom. The second-order valence-electron chi connectivity index (χ2n) is 3.44. The van der Waals surface area contributed by atoms with E-state index in [-0.39, 0.29) is 16.8 Å². The number of nitro groups is 3. The van der Waals surface area contributed by atoms with Crippen LogP contribution in [0.25, 0.3) is 0 Å². The van der Waals surface area contributed by atoms with Crippen LogP contribution >= 0.6 is 0 Å². The van der Waals surface area contributed by atoms with Crippen molar-refractivity contribution >= 4 is 17.1 Å². The van der Waals surface area contributed by atoms with E-state index in [1.54, 1.807) is 5.43 Å². The minimum absolute atomic E-state index is 0.0516. The SMILES string of the molecule is Cc1cc([N+](=O)[O-])c(C)c([N+](=O)[O-])c1N[N+](=O)[O-]. The number of hydrazine groups is 1. The topological polar surface area (TPSA) is 141 Å². The van der Waals surface area contributed by atoms with Gasteiger partial charge in [0, 0.05) is 6.07 Å². The van der Waals surface area contributed by atoms with Crippen LogP contribution in [0.4, 0.5) is 17.1 Å². The van der Waals surface area contributed by atoms with Gasteiger partial charge in [-0.1, -0.05) is 0 Å². The first-order chi connectivity index (χ1) is 8.25. The molecule has 0 saturated heterocycles. The first kappa shape index (κ1) is 13.3. The molecule has 0 aliphatic rings. The molecule has 10 heteroatoms. The molecule has 0 aromatic heterocycles. The molecule has 0 bridgehead atoms. The summed E-state index contributed by atoms with van der Waals surface area (Å²) < 4.78 is 0. The van der Waals surface area contributed by atoms with Gasteiger partial charge in [0.15, 0.2) is 10.7 Å². The fraction of sp³-hybridized carbons (Fsp3) is 0.250. The number of nitrogens with zero attached hydrogens (tertiary/aromatic N) is 3. The maximum Gasteiger partial charge on any atom is 0.308 e. The molecule has 0 amide bonds. The minimum Gasteiger partial charge on any atom is -0.258 e. The predicted octanol–water partition coefficient (Wildman–Crippen LogP) is 1.72. The summed E-state index contributed by atoms with van der Waals surface area (Å²) in [4.78, 5) is 30.3. The Bertz CT molecular complexity index is 555. The lowest BCUT2D eigenvalue weighted by molar-refractivity contribution is -0.447. The summed E-state index contributed by atoms with van der Waals surface area (Å²) in [6, 6.07) is 1.05. The van der Waals surface area contributed by atoms with Crippen LogP contribution in [0.3, 0.4) is 0 Å². The van der Waals surface area contributed by atoms with Crippen LogP contribution < -0.4 is 5.43 Å². The summed E-state index contributed by atoms with van der Waals surface area (Å²) in [5, 5.41) is 31.0. The van der Waals surface area contributed by atoms with Crippen LogP contribution in [0.2, 0.25) is 0 Å². The Labute approximate surface area is 99.6 Å². The zero-order valence-corrected chi connectivity index (χ0v) is 9.37. The van der Waals surface area contributed by atoms with Gasteiger partial charge in [0.2, 0.25) is 0 Å². The number of hydrogen-bond acceptors (Lipinski definition) is 6. The van der Waals surface area contributed by atoms with Gasteiger partial charge in [-0.15, -0.1) is 5.43 Å². The summed E-state index contributed by atoms with van der Waals surface area (Å²) in [7, 11) is 0. The van der Waals surface area contributed by atoms with Gasteiger partial charge in [0.1, 0.15) is 5.56 Å². The van der Waals surface area contributed by atoms with Crippen molar-refractivity contribution in [2.45, 2.75) is 13.8 Å². The summed E-state index contributed by atoms with van der Waals surface area (Å²) in [6.07, 6.45) is 0. The van der Waals surface area contributed by atoms with E-state index in [0.717, 1.165) is 6.07 Å². The van der Waals surface area contributed by atoms with Gasteiger partial charge in [-0.05, 0) is 19.4 Å². The molecule has 0 radical (unpaired) electrons. The van der Waals surface area contributed by atoms with Crippen LogP contribution in [-0.2, 0) is 0 Å². The third-order valence-electron chi connectivity index (χ3n) is 2.31. The first-order valence-electron chi connectivity index (χ1n) is 4.59. The van der Waals surface area contributed by atoms with E-state index in [1.807, 2.05) is 0 Å². The van der Waals surface area contributed by atoms with Crippen molar-refractivity contribution in [3.05, 3.63) is 47.5 Å². The third-order valence-corrected chi connectivity index (χ3v) is 2.31. The molecule has 1 aromatic carbocycles. The molecule has 1 aromatic rings. The van der Waals surface area contributed by atoms with Crippen LogP contribution in [-0.4, -0.2) is 14.9 Å². The lowest BCUT2D eigenvalue weighted by Crippen LogP contribution is -2.12. The largest absolute Gasteiger partial charge is 0.308 e. The number of rotatable bonds is 4. The van der Waals surface area contributed by atoms with Crippen molar-refractivity contribution in [3.63, 3.8) is 0 Å². The minimum atomic E-state index is -0.958. The standard InChI is InChI=1S/C8H8N4O6/c1-4-3-6(10(13)14)5(2)8(11(15)16)7(4)9-12(17)18/h3,9H,1-2H3. The highest BCUT2D eigenvalue weighted by Gasteiger charge is 2.30. The van der Waals surface area contributed by atoms with Crippen LogP contribution in [0.5, 0.6) is 0 Å². The summed E-state index contributed by atoms with van der Waals surface area (Å²) in [5.41, 5.74) is 0.0307. The fourth-order valence-corrected chi connectivity index (χ4v) is 1.53. The number of anilines is 1. The van der Waals surface area contributed by atoms with Crippen molar-refractivity contribution in [3.8, 4) is 0 Å². The first-order valence-corrected chi connectivity index (χ1v) is 4.59. The maximum absolute atomic E-state index is 10.9. The van der Waals surface area contributed by atoms with Gasteiger partial charge < -0.3 is 0 Å². The molecule has 18 heavy (non-hydrogen) atoms. The van der Waals surface area contributed by atoms with E-state index in [1.165, 1.54) is 13.8 Å². The van der Waals surface area contributed by atoms with Crippen LogP contribution in [0, 0.1) is 44.2 Å². The highest BCUT2D eigenvalue weighted by molar-refractivity contribution is 5.73. The molecule has 0 aliphatic carbocycles. The molecule has 0 fully saturated rings. The molecule has 1 N–H and O–H groups in total. The predicted molar refractivity (Wildman–Crippen MR) is 59.8 cm³/mol. The van der Waals surface area contributed by atoms with Gasteiger partial charge in [-0.3, -0.25) is 20.2 Å². The Morgan fingerprint density at radius 1 is 1.06 bits per heavy atom. The van der Waals surface area contributed by atoms with E-state index < -0.39 is 26.3 Å².